The standard InChI is InChI=1S/C25H24N5O5.ClH/c1-13-21(25(34)35-29-19(31)8-9-20(29)32)23-16-10-18-17(11-30(3,4)12-27(18)2)14-6-5-7-15(22(14)16)24(33)28(23)26-13;/h5-7,10H,8-9,11-12H2,1-4H3;1H/q+1;/p-1. The van der Waals surface area contributed by atoms with Gasteiger partial charge in [0.15, 0.2) is 6.67 Å². The predicted octanol–water partition coefficient (Wildman–Crippen LogP) is -1.04. The van der Waals surface area contributed by atoms with E-state index in [1.165, 1.54) is 4.52 Å². The van der Waals surface area contributed by atoms with Crippen LogP contribution in [0.5, 0.6) is 0 Å². The van der Waals surface area contributed by atoms with Crippen molar-refractivity contribution in [3.63, 3.8) is 0 Å². The number of benzene rings is 2. The van der Waals surface area contributed by atoms with Crippen LogP contribution in [0.15, 0.2) is 29.1 Å². The molecule has 10 nitrogen and oxygen atoms in total. The smallest absolute Gasteiger partial charge is 0.368 e. The minimum absolute atomic E-state index is 0. The highest BCUT2D eigenvalue weighted by atomic mass is 35.5. The molecule has 0 saturated carbocycles. The van der Waals surface area contributed by atoms with Gasteiger partial charge in [0.2, 0.25) is 0 Å². The summed E-state index contributed by atoms with van der Waals surface area (Å²) >= 11 is 0. The van der Waals surface area contributed by atoms with Crippen LogP contribution in [-0.4, -0.2) is 64.8 Å². The minimum Gasteiger partial charge on any atom is -1.00 e. The number of amides is 2. The first-order chi connectivity index (χ1) is 16.6. The molecule has 0 aliphatic carbocycles. The molecular weight excluding hydrogens is 486 g/mol. The third-order valence-electron chi connectivity index (χ3n) is 6.96. The highest BCUT2D eigenvalue weighted by Gasteiger charge is 2.36. The average Bonchev–Trinajstić information content (AvgIpc) is 3.31. The summed E-state index contributed by atoms with van der Waals surface area (Å²) in [4.78, 5) is 58.2. The van der Waals surface area contributed by atoms with Gasteiger partial charge in [0.25, 0.3) is 17.4 Å². The molecule has 0 bridgehead atoms. The van der Waals surface area contributed by atoms with E-state index in [4.69, 9.17) is 4.84 Å². The van der Waals surface area contributed by atoms with E-state index in [0.29, 0.717) is 21.4 Å². The molecule has 2 aliphatic heterocycles. The maximum atomic E-state index is 13.5. The number of imide groups is 1. The van der Waals surface area contributed by atoms with Gasteiger partial charge in [-0.25, -0.2) is 4.79 Å². The molecule has 2 aromatic heterocycles. The van der Waals surface area contributed by atoms with Crippen LogP contribution in [0.25, 0.3) is 27.1 Å². The minimum atomic E-state index is -0.892. The molecule has 6 rings (SSSR count). The highest BCUT2D eigenvalue weighted by molar-refractivity contribution is 6.21. The van der Waals surface area contributed by atoms with E-state index < -0.39 is 17.8 Å². The highest BCUT2D eigenvalue weighted by Crippen LogP contribution is 2.41. The van der Waals surface area contributed by atoms with E-state index in [0.717, 1.165) is 39.7 Å². The van der Waals surface area contributed by atoms with Crippen molar-refractivity contribution in [2.75, 3.05) is 32.7 Å². The van der Waals surface area contributed by atoms with Crippen molar-refractivity contribution >= 4 is 50.5 Å². The maximum absolute atomic E-state index is 13.5. The molecule has 36 heavy (non-hydrogen) atoms. The average molecular weight is 510 g/mol. The summed E-state index contributed by atoms with van der Waals surface area (Å²) < 4.78 is 1.99. The molecule has 1 fully saturated rings. The normalized spacial score (nSPS) is 17.2. The first-order valence-electron chi connectivity index (χ1n) is 11.4. The fourth-order valence-electron chi connectivity index (χ4n) is 5.60. The fourth-order valence-corrected chi connectivity index (χ4v) is 5.60. The van der Waals surface area contributed by atoms with Gasteiger partial charge in [-0.2, -0.15) is 9.61 Å². The number of halogens is 1. The Hall–Kier alpha value is -3.76. The van der Waals surface area contributed by atoms with E-state index >= 15 is 0 Å². The van der Waals surface area contributed by atoms with Crippen LogP contribution in [0.4, 0.5) is 5.69 Å². The summed E-state index contributed by atoms with van der Waals surface area (Å²) in [5, 5.41) is 7.81. The zero-order chi connectivity index (χ0) is 24.8. The van der Waals surface area contributed by atoms with Crippen LogP contribution in [-0.2, 0) is 21.0 Å². The number of hydrogen-bond acceptors (Lipinski definition) is 7. The summed E-state index contributed by atoms with van der Waals surface area (Å²) in [5.74, 6) is -2.03. The van der Waals surface area contributed by atoms with Crippen LogP contribution in [0.1, 0.15) is 34.5 Å². The Morgan fingerprint density at radius 2 is 1.72 bits per heavy atom. The number of fused-ring (bicyclic) bond motifs is 4. The molecule has 4 aromatic rings. The number of carbonyl (C=O) groups is 3. The largest absolute Gasteiger partial charge is 1.00 e. The second kappa shape index (κ2) is 7.87. The molecule has 0 atom stereocenters. The number of hydrogen-bond donors (Lipinski definition) is 0. The van der Waals surface area contributed by atoms with Crippen molar-refractivity contribution in [3.8, 4) is 0 Å². The monoisotopic (exact) mass is 509 g/mol. The molecule has 2 amide bonds. The molecule has 0 N–H and O–H groups in total. The predicted molar refractivity (Wildman–Crippen MR) is 128 cm³/mol. The molecule has 2 aromatic carbocycles. The van der Waals surface area contributed by atoms with E-state index in [1.54, 1.807) is 13.0 Å². The Morgan fingerprint density at radius 1 is 1.06 bits per heavy atom. The van der Waals surface area contributed by atoms with Gasteiger partial charge in [-0.05, 0) is 24.4 Å². The second-order valence-electron chi connectivity index (χ2n) is 10.1. The molecule has 11 heteroatoms. The fraction of sp³-hybridized carbons (Fsp3) is 0.320. The Morgan fingerprint density at radius 3 is 2.42 bits per heavy atom. The molecule has 0 radical (unpaired) electrons. The third-order valence-corrected chi connectivity index (χ3v) is 6.96. The van der Waals surface area contributed by atoms with Crippen molar-refractivity contribution in [1.29, 1.82) is 0 Å². The first kappa shape index (κ1) is 24.0. The zero-order valence-electron chi connectivity index (χ0n) is 20.3. The third kappa shape index (κ3) is 3.25. The second-order valence-corrected chi connectivity index (χ2v) is 10.1. The molecule has 186 valence electrons. The molecule has 4 heterocycles. The van der Waals surface area contributed by atoms with Crippen molar-refractivity contribution in [2.24, 2.45) is 0 Å². The first-order valence-corrected chi connectivity index (χ1v) is 11.4. The quantitative estimate of drug-likeness (QED) is 0.251. The number of anilines is 1. The topological polar surface area (TPSA) is 101 Å². The number of quaternary nitrogens is 1. The van der Waals surface area contributed by atoms with Crippen LogP contribution in [0.2, 0.25) is 0 Å². The zero-order valence-corrected chi connectivity index (χ0v) is 21.0. The SMILES string of the molecule is Cc1nn2c(=O)c3cccc4c5c(cc(c43)c2c1C(=O)ON1C(=O)CCC1=O)N(C)C[N+](C)(C)C5.[Cl-]. The number of rotatable bonds is 2. The van der Waals surface area contributed by atoms with Gasteiger partial charge in [-0.15, -0.1) is 5.06 Å². The van der Waals surface area contributed by atoms with Gasteiger partial charge in [0, 0.05) is 36.2 Å². The van der Waals surface area contributed by atoms with E-state index in [9.17, 15) is 19.2 Å². The van der Waals surface area contributed by atoms with Crippen molar-refractivity contribution in [1.82, 2.24) is 14.7 Å². The molecule has 0 unspecified atom stereocenters. The van der Waals surface area contributed by atoms with Gasteiger partial charge in [0.05, 0.1) is 36.4 Å². The lowest BCUT2D eigenvalue weighted by atomic mass is 9.93. The maximum Gasteiger partial charge on any atom is 0.368 e. The lowest BCUT2D eigenvalue weighted by Gasteiger charge is -2.41. The van der Waals surface area contributed by atoms with Crippen LogP contribution >= 0.6 is 0 Å². The van der Waals surface area contributed by atoms with Crippen molar-refractivity contribution in [2.45, 2.75) is 26.3 Å². The van der Waals surface area contributed by atoms with Gasteiger partial charge < -0.3 is 26.6 Å². The Balaban J connectivity index is 0.00000267. The molecule has 0 spiro atoms. The van der Waals surface area contributed by atoms with Crippen LogP contribution < -0.4 is 22.9 Å². The number of aromatic nitrogens is 2. The number of carbonyl (C=O) groups excluding carboxylic acids is 3. The van der Waals surface area contributed by atoms with Gasteiger partial charge in [-0.3, -0.25) is 14.4 Å². The summed E-state index contributed by atoms with van der Waals surface area (Å²) in [6, 6.07) is 7.65. The van der Waals surface area contributed by atoms with Crippen LogP contribution in [0.3, 0.4) is 0 Å². The number of aryl methyl sites for hydroxylation is 1. The lowest BCUT2D eigenvalue weighted by Crippen LogP contribution is -3.00. The summed E-state index contributed by atoms with van der Waals surface area (Å²) in [6.45, 7) is 3.19. The van der Waals surface area contributed by atoms with Crippen molar-refractivity contribution in [3.05, 3.63) is 51.4 Å². The van der Waals surface area contributed by atoms with E-state index in [-0.39, 0.29) is 42.1 Å². The Labute approximate surface area is 211 Å². The van der Waals surface area contributed by atoms with Crippen LogP contribution in [0, 0.1) is 6.92 Å². The molecular formula is C25H24ClN5O5. The van der Waals surface area contributed by atoms with Crippen molar-refractivity contribution < 1.29 is 36.1 Å². The molecule has 2 aliphatic rings. The van der Waals surface area contributed by atoms with E-state index in [1.807, 2.05) is 25.2 Å². The van der Waals surface area contributed by atoms with Gasteiger partial charge >= 0.3 is 5.97 Å². The number of nitrogens with zero attached hydrogens (tertiary/aromatic N) is 5. The van der Waals surface area contributed by atoms with E-state index in [2.05, 4.69) is 24.1 Å². The summed E-state index contributed by atoms with van der Waals surface area (Å²) in [7, 11) is 6.35. The van der Waals surface area contributed by atoms with Gasteiger partial charge in [0.1, 0.15) is 12.1 Å². The Bertz CT molecular complexity index is 1660. The molecule has 1 saturated heterocycles. The van der Waals surface area contributed by atoms with Gasteiger partial charge in [-0.1, -0.05) is 12.1 Å². The Kier molecular flexibility index (Phi) is 5.24. The summed E-state index contributed by atoms with van der Waals surface area (Å²) in [6.07, 6.45) is -0.00851. The lowest BCUT2D eigenvalue weighted by molar-refractivity contribution is -0.904. The number of hydroxylamine groups is 2. The summed E-state index contributed by atoms with van der Waals surface area (Å²) in [5.41, 5.74) is 2.48. The number of pyridine rings is 1.